The highest BCUT2D eigenvalue weighted by Crippen LogP contribution is 2.43. The van der Waals surface area contributed by atoms with Crippen molar-refractivity contribution >= 4 is 29.1 Å². The van der Waals surface area contributed by atoms with Gasteiger partial charge in [0.15, 0.2) is 0 Å². The summed E-state index contributed by atoms with van der Waals surface area (Å²) in [5.74, 6) is -0.580. The highest BCUT2D eigenvalue weighted by molar-refractivity contribution is 6.31. The summed E-state index contributed by atoms with van der Waals surface area (Å²) in [5, 5.41) is 0.538. The van der Waals surface area contributed by atoms with E-state index in [4.69, 9.17) is 11.6 Å². The molecule has 1 fully saturated rings. The highest BCUT2D eigenvalue weighted by Gasteiger charge is 2.49. The third-order valence-corrected chi connectivity index (χ3v) is 4.99. The molecule has 2 aliphatic rings. The van der Waals surface area contributed by atoms with Crippen LogP contribution in [0.25, 0.3) is 0 Å². The Hall–Kier alpha value is -1.61. The van der Waals surface area contributed by atoms with E-state index in [0.29, 0.717) is 23.6 Å². The first-order chi connectivity index (χ1) is 9.90. The summed E-state index contributed by atoms with van der Waals surface area (Å²) in [7, 11) is 0. The van der Waals surface area contributed by atoms with E-state index in [9.17, 15) is 9.59 Å². The Kier molecular flexibility index (Phi) is 3.40. The van der Waals surface area contributed by atoms with Gasteiger partial charge in [-0.1, -0.05) is 28.8 Å². The lowest BCUT2D eigenvalue weighted by Crippen LogP contribution is -2.31. The number of halogens is 1. The van der Waals surface area contributed by atoms with Gasteiger partial charge in [0.1, 0.15) is 0 Å². The molecule has 0 saturated carbocycles. The predicted molar refractivity (Wildman–Crippen MR) is 83.3 cm³/mol. The maximum absolute atomic E-state index is 12.7. The number of aryl methyl sites for hydroxylation is 1. The molecule has 0 unspecified atom stereocenters. The number of benzene rings is 1. The van der Waals surface area contributed by atoms with Crippen LogP contribution in [0.3, 0.4) is 0 Å². The minimum atomic E-state index is -0.209. The van der Waals surface area contributed by atoms with Gasteiger partial charge in [-0.2, -0.15) is 0 Å². The molecule has 0 spiro atoms. The van der Waals surface area contributed by atoms with Crippen LogP contribution in [0, 0.1) is 18.8 Å². The molecule has 1 saturated heterocycles. The molecule has 0 aromatic heterocycles. The van der Waals surface area contributed by atoms with Gasteiger partial charge in [0.05, 0.1) is 17.5 Å². The lowest BCUT2D eigenvalue weighted by Gasteiger charge is -2.23. The predicted octanol–water partition coefficient (Wildman–Crippen LogP) is 3.88. The van der Waals surface area contributed by atoms with E-state index in [1.165, 1.54) is 16.0 Å². The maximum Gasteiger partial charge on any atom is 0.238 e. The smallest absolute Gasteiger partial charge is 0.238 e. The number of carbonyl (C=O) groups is 2. The second kappa shape index (κ2) is 4.99. The number of carbonyl (C=O) groups excluding carboxylic acids is 2. The van der Waals surface area contributed by atoms with Crippen molar-refractivity contribution in [1.29, 1.82) is 0 Å². The highest BCUT2D eigenvalue weighted by atomic mass is 35.5. The number of nitrogens with zero attached hydrogens (tertiary/aromatic N) is 1. The molecule has 0 N–H and O–H groups in total. The summed E-state index contributed by atoms with van der Waals surface area (Å²) < 4.78 is 0. The third-order valence-electron chi connectivity index (χ3n) is 4.75. The van der Waals surface area contributed by atoms with Crippen LogP contribution in [0.15, 0.2) is 29.3 Å². The molecule has 2 atom stereocenters. The normalized spacial score (nSPS) is 25.6. The van der Waals surface area contributed by atoms with E-state index in [1.54, 1.807) is 12.1 Å². The third kappa shape index (κ3) is 2.20. The quantitative estimate of drug-likeness (QED) is 0.583. The number of amides is 2. The molecule has 21 heavy (non-hydrogen) atoms. The summed E-state index contributed by atoms with van der Waals surface area (Å²) in [6.07, 6.45) is 1.38. The average molecular weight is 304 g/mol. The van der Waals surface area contributed by atoms with Gasteiger partial charge >= 0.3 is 0 Å². The molecule has 1 aliphatic heterocycles. The summed E-state index contributed by atoms with van der Waals surface area (Å²) in [5.41, 5.74) is 3.99. The van der Waals surface area contributed by atoms with E-state index in [-0.39, 0.29) is 23.7 Å². The van der Waals surface area contributed by atoms with Gasteiger partial charge in [-0.3, -0.25) is 9.59 Å². The van der Waals surface area contributed by atoms with Crippen LogP contribution in [-0.2, 0) is 9.59 Å². The second-order valence-corrected chi connectivity index (χ2v) is 6.56. The number of fused-ring (bicyclic) bond motifs is 1. The van der Waals surface area contributed by atoms with Crippen LogP contribution >= 0.6 is 11.6 Å². The van der Waals surface area contributed by atoms with Crippen LogP contribution < -0.4 is 4.90 Å². The molecule has 1 aliphatic carbocycles. The minimum Gasteiger partial charge on any atom is -0.274 e. The number of anilines is 1. The molecule has 3 rings (SSSR count). The van der Waals surface area contributed by atoms with Crippen molar-refractivity contribution in [1.82, 2.24) is 0 Å². The first-order valence-electron chi connectivity index (χ1n) is 7.19. The Bertz CT molecular complexity index is 645. The minimum absolute atomic E-state index is 0.0813. The van der Waals surface area contributed by atoms with Crippen molar-refractivity contribution < 1.29 is 9.59 Å². The van der Waals surface area contributed by atoms with Gasteiger partial charge < -0.3 is 0 Å². The first kappa shape index (κ1) is 14.3. The Balaban J connectivity index is 2.02. The average Bonchev–Trinajstić information content (AvgIpc) is 2.66. The SMILES string of the molecule is CC1=C(C)C[C@@H]2C(=O)N(c3cc(Cl)ccc3C)C(=O)[C@H]2C1. The zero-order valence-corrected chi connectivity index (χ0v) is 13.2. The largest absolute Gasteiger partial charge is 0.274 e. The van der Waals surface area contributed by atoms with Gasteiger partial charge in [0.2, 0.25) is 11.8 Å². The summed E-state index contributed by atoms with van der Waals surface area (Å²) in [6, 6.07) is 5.32. The summed E-state index contributed by atoms with van der Waals surface area (Å²) in [4.78, 5) is 26.8. The number of rotatable bonds is 1. The van der Waals surface area contributed by atoms with Gasteiger partial charge in [-0.25, -0.2) is 4.90 Å². The van der Waals surface area contributed by atoms with Crippen molar-refractivity contribution in [3.05, 3.63) is 39.9 Å². The molecule has 1 aromatic rings. The van der Waals surface area contributed by atoms with Crippen LogP contribution in [0.1, 0.15) is 32.3 Å². The van der Waals surface area contributed by atoms with Crippen molar-refractivity contribution in [2.75, 3.05) is 4.90 Å². The van der Waals surface area contributed by atoms with Crippen LogP contribution in [0.2, 0.25) is 5.02 Å². The van der Waals surface area contributed by atoms with Crippen LogP contribution in [0.5, 0.6) is 0 Å². The molecule has 1 aromatic carbocycles. The fourth-order valence-corrected chi connectivity index (χ4v) is 3.48. The van der Waals surface area contributed by atoms with Gasteiger partial charge in [0.25, 0.3) is 0 Å². The summed E-state index contributed by atoms with van der Waals surface area (Å²) in [6.45, 7) is 6.00. The standard InChI is InChI=1S/C17H18ClNO2/c1-9-4-5-12(18)8-15(9)19-16(20)13-6-10(2)11(3)7-14(13)17(19)21/h4-5,8,13-14H,6-7H2,1-3H3/t13-,14-/m0/s1. The summed E-state index contributed by atoms with van der Waals surface area (Å²) >= 11 is 6.03. The molecule has 3 nitrogen and oxygen atoms in total. The van der Waals surface area contributed by atoms with Crippen molar-refractivity contribution in [2.45, 2.75) is 33.6 Å². The molecule has 2 amide bonds. The van der Waals surface area contributed by atoms with Crippen molar-refractivity contribution in [3.63, 3.8) is 0 Å². The maximum atomic E-state index is 12.7. The second-order valence-electron chi connectivity index (χ2n) is 6.12. The van der Waals surface area contributed by atoms with Gasteiger partial charge in [-0.05, 0) is 51.3 Å². The van der Waals surface area contributed by atoms with Crippen molar-refractivity contribution in [3.8, 4) is 0 Å². The first-order valence-corrected chi connectivity index (χ1v) is 7.57. The van der Waals surface area contributed by atoms with E-state index in [0.717, 1.165) is 5.56 Å². The Morgan fingerprint density at radius 2 is 1.52 bits per heavy atom. The molecule has 1 heterocycles. The molecular weight excluding hydrogens is 286 g/mol. The van der Waals surface area contributed by atoms with Crippen LogP contribution in [-0.4, -0.2) is 11.8 Å². The Labute approximate surface area is 129 Å². The van der Waals surface area contributed by atoms with E-state index < -0.39 is 0 Å². The fraction of sp³-hybridized carbons (Fsp3) is 0.412. The van der Waals surface area contributed by atoms with E-state index >= 15 is 0 Å². The zero-order chi connectivity index (χ0) is 15.3. The molecule has 4 heteroatoms. The molecule has 110 valence electrons. The molecule has 0 bridgehead atoms. The number of imide groups is 1. The van der Waals surface area contributed by atoms with E-state index in [2.05, 4.69) is 13.8 Å². The lowest BCUT2D eigenvalue weighted by molar-refractivity contribution is -0.122. The Morgan fingerprint density at radius 1 is 1.00 bits per heavy atom. The zero-order valence-electron chi connectivity index (χ0n) is 12.4. The number of hydrogen-bond donors (Lipinski definition) is 0. The monoisotopic (exact) mass is 303 g/mol. The van der Waals surface area contributed by atoms with E-state index in [1.807, 2.05) is 13.0 Å². The van der Waals surface area contributed by atoms with Gasteiger partial charge in [0, 0.05) is 5.02 Å². The van der Waals surface area contributed by atoms with Crippen LogP contribution in [0.4, 0.5) is 5.69 Å². The Morgan fingerprint density at radius 3 is 2.05 bits per heavy atom. The van der Waals surface area contributed by atoms with Crippen molar-refractivity contribution in [2.24, 2.45) is 11.8 Å². The topological polar surface area (TPSA) is 37.4 Å². The molecule has 0 radical (unpaired) electrons. The lowest BCUT2D eigenvalue weighted by atomic mass is 9.78. The number of allylic oxidation sites excluding steroid dienone is 2. The fourth-order valence-electron chi connectivity index (χ4n) is 3.31. The molecular formula is C17H18ClNO2. The number of hydrogen-bond acceptors (Lipinski definition) is 2. The van der Waals surface area contributed by atoms with Gasteiger partial charge in [-0.15, -0.1) is 0 Å².